The van der Waals surface area contributed by atoms with E-state index in [1.165, 1.54) is 0 Å². The average molecular weight is 387 g/mol. The van der Waals surface area contributed by atoms with Crippen LogP contribution in [0.3, 0.4) is 0 Å². The molecule has 1 fully saturated rings. The van der Waals surface area contributed by atoms with Gasteiger partial charge in [-0.15, -0.1) is 0 Å². The predicted molar refractivity (Wildman–Crippen MR) is 53.6 cm³/mol. The smallest absolute Gasteiger partial charge is 0.267 e. The number of amides is 2. The van der Waals surface area contributed by atoms with Crippen molar-refractivity contribution in [1.82, 2.24) is 0 Å². The van der Waals surface area contributed by atoms with Crippen molar-refractivity contribution in [2.75, 3.05) is 4.90 Å². The van der Waals surface area contributed by atoms with Crippen molar-refractivity contribution >= 4 is 17.5 Å². The van der Waals surface area contributed by atoms with Gasteiger partial charge in [0.15, 0.2) is 23.3 Å². The minimum atomic E-state index is -6.62. The zero-order valence-corrected chi connectivity index (χ0v) is 10.9. The summed E-state index contributed by atoms with van der Waals surface area (Å²) < 4.78 is 145. The van der Waals surface area contributed by atoms with E-state index in [1.807, 2.05) is 0 Å². The number of piperidine rings is 1. The number of imide groups is 1. The number of rotatable bonds is 1. The van der Waals surface area contributed by atoms with Crippen molar-refractivity contribution in [2.24, 2.45) is 0 Å². The van der Waals surface area contributed by atoms with Gasteiger partial charge in [-0.1, -0.05) is 0 Å². The van der Waals surface area contributed by atoms with Crippen LogP contribution in [0.4, 0.5) is 54.0 Å². The average Bonchev–Trinajstić information content (AvgIpc) is 2.52. The SMILES string of the molecule is O=C1N(c2c(F)c(F)c(F)c(F)c2F)C(=O)C(F)(F)C(F)(F)C1(F)F. The first-order valence-electron chi connectivity index (χ1n) is 5.66. The van der Waals surface area contributed by atoms with Crippen molar-refractivity contribution in [3.05, 3.63) is 29.1 Å². The number of carbonyl (C=O) groups excluding carboxylic acids is 2. The number of hydrogen-bond acceptors (Lipinski definition) is 2. The maximum Gasteiger partial charge on any atom is 0.394 e. The summed E-state index contributed by atoms with van der Waals surface area (Å²) in [5.41, 5.74) is -2.83. The molecule has 1 aromatic rings. The summed E-state index contributed by atoms with van der Waals surface area (Å²) in [4.78, 5) is 20.6. The molecule has 0 radical (unpaired) electrons. The molecular weight excluding hydrogens is 387 g/mol. The largest absolute Gasteiger partial charge is 0.394 e. The number of hydrogen-bond donors (Lipinski definition) is 0. The maximum absolute atomic E-state index is 13.5. The molecule has 0 saturated carbocycles. The number of carbonyl (C=O) groups is 2. The van der Waals surface area contributed by atoms with Gasteiger partial charge in [-0.25, -0.2) is 26.9 Å². The van der Waals surface area contributed by atoms with Crippen LogP contribution in [0.1, 0.15) is 0 Å². The zero-order chi connectivity index (χ0) is 19.7. The minimum absolute atomic E-state index is 1.90. The molecule has 0 aromatic heterocycles. The third-order valence-electron chi connectivity index (χ3n) is 3.14. The second kappa shape index (κ2) is 5.05. The fourth-order valence-corrected chi connectivity index (χ4v) is 1.83. The number of halogens is 11. The van der Waals surface area contributed by atoms with Crippen LogP contribution < -0.4 is 4.90 Å². The molecule has 1 aliphatic heterocycles. The molecule has 2 amide bonds. The summed E-state index contributed by atoms with van der Waals surface area (Å²) in [6, 6.07) is 0. The second-order valence-electron chi connectivity index (χ2n) is 4.59. The standard InChI is InChI=1S/C11F11NO2/c12-1-2(13)4(15)6(5(16)3(1)14)23-7(24)9(17,18)11(21,22)10(19,20)8(23)25. The molecule has 14 heteroatoms. The summed E-state index contributed by atoms with van der Waals surface area (Å²) in [7, 11) is 0. The Hall–Kier alpha value is -2.41. The van der Waals surface area contributed by atoms with Gasteiger partial charge in [-0.05, 0) is 0 Å². The van der Waals surface area contributed by atoms with Gasteiger partial charge in [0.1, 0.15) is 5.69 Å². The number of benzene rings is 1. The van der Waals surface area contributed by atoms with E-state index >= 15 is 0 Å². The first-order chi connectivity index (χ1) is 11.1. The molecule has 0 atom stereocenters. The Balaban J connectivity index is 2.86. The fraction of sp³-hybridized carbons (Fsp3) is 0.273. The lowest BCUT2D eigenvalue weighted by molar-refractivity contribution is -0.292. The second-order valence-corrected chi connectivity index (χ2v) is 4.59. The first-order valence-corrected chi connectivity index (χ1v) is 5.66. The van der Waals surface area contributed by atoms with E-state index < -0.39 is 69.3 Å². The Bertz CT molecular complexity index is 745. The Labute approximate surface area is 128 Å². The van der Waals surface area contributed by atoms with Crippen molar-refractivity contribution < 1.29 is 57.9 Å². The molecule has 2 rings (SSSR count). The first kappa shape index (κ1) is 18.9. The third-order valence-corrected chi connectivity index (χ3v) is 3.14. The van der Waals surface area contributed by atoms with Crippen molar-refractivity contribution in [3.63, 3.8) is 0 Å². The summed E-state index contributed by atoms with van der Waals surface area (Å²) >= 11 is 0. The lowest BCUT2D eigenvalue weighted by atomic mass is 9.96. The van der Waals surface area contributed by atoms with Crippen LogP contribution in [0, 0.1) is 29.1 Å². The van der Waals surface area contributed by atoms with Crippen molar-refractivity contribution in [3.8, 4) is 0 Å². The molecule has 138 valence electrons. The van der Waals surface area contributed by atoms with Crippen LogP contribution >= 0.6 is 0 Å². The van der Waals surface area contributed by atoms with Crippen LogP contribution in [0.25, 0.3) is 0 Å². The van der Waals surface area contributed by atoms with E-state index in [9.17, 15) is 57.9 Å². The van der Waals surface area contributed by atoms with E-state index in [-0.39, 0.29) is 0 Å². The number of anilines is 1. The molecular formula is C11F11NO2. The van der Waals surface area contributed by atoms with Crippen LogP contribution in [0.5, 0.6) is 0 Å². The van der Waals surface area contributed by atoms with Gasteiger partial charge in [0, 0.05) is 0 Å². The Kier molecular flexibility index (Phi) is 3.82. The molecule has 0 unspecified atom stereocenters. The van der Waals surface area contributed by atoms with E-state index in [0.29, 0.717) is 0 Å². The molecule has 0 N–H and O–H groups in total. The van der Waals surface area contributed by atoms with E-state index in [4.69, 9.17) is 0 Å². The molecule has 1 saturated heterocycles. The minimum Gasteiger partial charge on any atom is -0.267 e. The Morgan fingerprint density at radius 3 is 1.16 bits per heavy atom. The van der Waals surface area contributed by atoms with Crippen LogP contribution in [0.2, 0.25) is 0 Å². The maximum atomic E-state index is 13.5. The zero-order valence-electron chi connectivity index (χ0n) is 10.9. The van der Waals surface area contributed by atoms with E-state index in [1.54, 1.807) is 0 Å². The molecule has 0 aliphatic carbocycles. The lowest BCUT2D eigenvalue weighted by Gasteiger charge is -2.40. The quantitative estimate of drug-likeness (QED) is 0.321. The molecule has 3 nitrogen and oxygen atoms in total. The van der Waals surface area contributed by atoms with Crippen molar-refractivity contribution in [2.45, 2.75) is 17.8 Å². The van der Waals surface area contributed by atoms with Crippen LogP contribution in [-0.4, -0.2) is 29.6 Å². The van der Waals surface area contributed by atoms with Crippen LogP contribution in [0.15, 0.2) is 0 Å². The topological polar surface area (TPSA) is 37.4 Å². The Morgan fingerprint density at radius 2 is 0.840 bits per heavy atom. The molecule has 1 heterocycles. The molecule has 1 aliphatic rings. The summed E-state index contributed by atoms with van der Waals surface area (Å²) in [6.07, 6.45) is 0. The van der Waals surface area contributed by atoms with Gasteiger partial charge in [-0.2, -0.15) is 26.3 Å². The van der Waals surface area contributed by atoms with Gasteiger partial charge < -0.3 is 0 Å². The van der Waals surface area contributed by atoms with Gasteiger partial charge in [0.25, 0.3) is 0 Å². The molecule has 0 spiro atoms. The number of alkyl halides is 6. The van der Waals surface area contributed by atoms with Crippen LogP contribution in [-0.2, 0) is 9.59 Å². The third kappa shape index (κ3) is 2.05. The lowest BCUT2D eigenvalue weighted by Crippen LogP contribution is -2.73. The summed E-state index contributed by atoms with van der Waals surface area (Å²) in [5, 5.41) is 0. The highest BCUT2D eigenvalue weighted by molar-refractivity contribution is 6.22. The highest BCUT2D eigenvalue weighted by Crippen LogP contribution is 2.52. The normalized spacial score (nSPS) is 21.6. The van der Waals surface area contributed by atoms with E-state index in [0.717, 1.165) is 0 Å². The Morgan fingerprint density at radius 1 is 0.560 bits per heavy atom. The molecule has 0 bridgehead atoms. The molecule has 25 heavy (non-hydrogen) atoms. The summed E-state index contributed by atoms with van der Waals surface area (Å²) in [6.45, 7) is 0. The van der Waals surface area contributed by atoms with E-state index in [2.05, 4.69) is 0 Å². The monoisotopic (exact) mass is 387 g/mol. The van der Waals surface area contributed by atoms with Crippen molar-refractivity contribution in [1.29, 1.82) is 0 Å². The number of nitrogens with zero attached hydrogens (tertiary/aromatic N) is 1. The van der Waals surface area contributed by atoms with Gasteiger partial charge in [0.05, 0.1) is 0 Å². The highest BCUT2D eigenvalue weighted by atomic mass is 19.3. The van der Waals surface area contributed by atoms with Gasteiger partial charge in [0.2, 0.25) is 5.82 Å². The fourth-order valence-electron chi connectivity index (χ4n) is 1.83. The molecule has 1 aromatic carbocycles. The highest BCUT2D eigenvalue weighted by Gasteiger charge is 2.83. The summed E-state index contributed by atoms with van der Waals surface area (Å²) in [5.74, 6) is -41.5. The predicted octanol–water partition coefficient (Wildman–Crippen LogP) is 3.16. The van der Waals surface area contributed by atoms with Gasteiger partial charge in [-0.3, -0.25) is 9.59 Å². The van der Waals surface area contributed by atoms with Gasteiger partial charge >= 0.3 is 29.6 Å².